The molecule has 1 aromatic heterocycles. The Morgan fingerprint density at radius 3 is 2.78 bits per heavy atom. The first-order valence-corrected chi connectivity index (χ1v) is 6.91. The van der Waals surface area contributed by atoms with E-state index >= 15 is 0 Å². The average Bonchev–Trinajstić information content (AvgIpc) is 2.83. The van der Waals surface area contributed by atoms with Crippen molar-refractivity contribution in [2.75, 3.05) is 5.73 Å². The molecule has 0 spiro atoms. The van der Waals surface area contributed by atoms with Crippen LogP contribution in [0.1, 0.15) is 5.56 Å². The number of anilines is 1. The number of nitrogen functional groups attached to an aromatic ring is 1. The highest BCUT2D eigenvalue weighted by molar-refractivity contribution is 7.89. The van der Waals surface area contributed by atoms with Crippen molar-refractivity contribution in [1.82, 2.24) is 4.72 Å². The Morgan fingerprint density at radius 1 is 1.33 bits per heavy atom. The van der Waals surface area contributed by atoms with Crippen LogP contribution in [0.5, 0.6) is 0 Å². The topological polar surface area (TPSA) is 85.3 Å². The van der Waals surface area contributed by atoms with E-state index in [-0.39, 0.29) is 17.1 Å². The van der Waals surface area contributed by atoms with E-state index in [2.05, 4.69) is 4.72 Å². The van der Waals surface area contributed by atoms with Crippen LogP contribution in [0.15, 0.2) is 46.1 Å². The summed E-state index contributed by atoms with van der Waals surface area (Å²) in [4.78, 5) is -0.0292. The molecule has 2 aromatic rings. The van der Waals surface area contributed by atoms with Crippen molar-refractivity contribution in [3.8, 4) is 0 Å². The summed E-state index contributed by atoms with van der Waals surface area (Å²) in [5, 5.41) is 0.313. The minimum Gasteiger partial charge on any atom is -0.472 e. The molecular formula is C11H11ClN2O3S. The van der Waals surface area contributed by atoms with Gasteiger partial charge in [0, 0.05) is 17.1 Å². The molecule has 0 unspecified atom stereocenters. The number of hydrogen-bond donors (Lipinski definition) is 2. The first kappa shape index (κ1) is 12.9. The Hall–Kier alpha value is -1.50. The number of furan rings is 1. The Labute approximate surface area is 110 Å². The number of halogens is 1. The van der Waals surface area contributed by atoms with Crippen LogP contribution in [0.25, 0.3) is 0 Å². The molecule has 3 N–H and O–H groups in total. The summed E-state index contributed by atoms with van der Waals surface area (Å²) in [6.45, 7) is 0.130. The summed E-state index contributed by atoms with van der Waals surface area (Å²) in [5.74, 6) is 0. The molecule has 18 heavy (non-hydrogen) atoms. The van der Waals surface area contributed by atoms with Gasteiger partial charge in [-0.25, -0.2) is 13.1 Å². The minimum absolute atomic E-state index is 0.0292. The summed E-state index contributed by atoms with van der Waals surface area (Å²) >= 11 is 5.76. The second-order valence-electron chi connectivity index (χ2n) is 3.64. The fourth-order valence-electron chi connectivity index (χ4n) is 1.39. The van der Waals surface area contributed by atoms with E-state index in [0.717, 1.165) is 5.56 Å². The van der Waals surface area contributed by atoms with Gasteiger partial charge in [0.2, 0.25) is 10.0 Å². The van der Waals surface area contributed by atoms with Crippen molar-refractivity contribution in [2.45, 2.75) is 11.4 Å². The summed E-state index contributed by atoms with van der Waals surface area (Å²) < 4.78 is 31.3. The van der Waals surface area contributed by atoms with Crippen molar-refractivity contribution < 1.29 is 12.8 Å². The van der Waals surface area contributed by atoms with Crippen molar-refractivity contribution in [1.29, 1.82) is 0 Å². The lowest BCUT2D eigenvalue weighted by molar-refractivity contribution is 0.561. The zero-order valence-corrected chi connectivity index (χ0v) is 10.8. The zero-order chi connectivity index (χ0) is 13.2. The maximum absolute atomic E-state index is 12.0. The second-order valence-corrected chi connectivity index (χ2v) is 5.81. The Morgan fingerprint density at radius 2 is 2.11 bits per heavy atom. The molecule has 0 saturated heterocycles. The number of benzene rings is 1. The fraction of sp³-hybridized carbons (Fsp3) is 0.0909. The van der Waals surface area contributed by atoms with Gasteiger partial charge < -0.3 is 10.2 Å². The van der Waals surface area contributed by atoms with Crippen LogP contribution in [0.4, 0.5) is 5.69 Å². The van der Waals surface area contributed by atoms with Gasteiger partial charge in [0.1, 0.15) is 4.90 Å². The minimum atomic E-state index is -3.69. The monoisotopic (exact) mass is 286 g/mol. The van der Waals surface area contributed by atoms with E-state index < -0.39 is 10.0 Å². The van der Waals surface area contributed by atoms with Gasteiger partial charge in [-0.15, -0.1) is 0 Å². The van der Waals surface area contributed by atoms with E-state index in [4.69, 9.17) is 21.8 Å². The predicted octanol–water partition coefficient (Wildman–Crippen LogP) is 1.99. The first-order chi connectivity index (χ1) is 8.49. The standard InChI is InChI=1S/C11H11ClN2O3S/c12-9-1-2-10(13)11(5-9)18(15,16)14-6-8-3-4-17-7-8/h1-5,7,14H,6,13H2. The SMILES string of the molecule is Nc1ccc(Cl)cc1S(=O)(=O)NCc1ccoc1. The van der Waals surface area contributed by atoms with Gasteiger partial charge in [0.15, 0.2) is 0 Å². The molecule has 0 aliphatic carbocycles. The third-order valence-corrected chi connectivity index (χ3v) is 4.00. The largest absolute Gasteiger partial charge is 0.472 e. The quantitative estimate of drug-likeness (QED) is 0.842. The van der Waals surface area contributed by atoms with Crippen LogP contribution in [0.3, 0.4) is 0 Å². The fourth-order valence-corrected chi connectivity index (χ4v) is 2.80. The molecule has 0 radical (unpaired) electrons. The number of sulfonamides is 1. The highest BCUT2D eigenvalue weighted by Gasteiger charge is 2.17. The van der Waals surface area contributed by atoms with Gasteiger partial charge >= 0.3 is 0 Å². The predicted molar refractivity (Wildman–Crippen MR) is 68.6 cm³/mol. The second kappa shape index (κ2) is 5.01. The lowest BCUT2D eigenvalue weighted by atomic mass is 10.3. The van der Waals surface area contributed by atoms with Crippen LogP contribution in [-0.2, 0) is 16.6 Å². The molecule has 0 atom stereocenters. The van der Waals surface area contributed by atoms with Crippen LogP contribution in [0, 0.1) is 0 Å². The van der Waals surface area contributed by atoms with Crippen molar-refractivity contribution >= 4 is 27.3 Å². The highest BCUT2D eigenvalue weighted by Crippen LogP contribution is 2.22. The molecule has 2 rings (SSSR count). The van der Waals surface area contributed by atoms with Crippen molar-refractivity contribution in [3.63, 3.8) is 0 Å². The number of nitrogens with one attached hydrogen (secondary N) is 1. The lowest BCUT2D eigenvalue weighted by Gasteiger charge is -2.08. The molecule has 0 saturated carbocycles. The highest BCUT2D eigenvalue weighted by atomic mass is 35.5. The molecule has 5 nitrogen and oxygen atoms in total. The molecule has 0 fully saturated rings. The summed E-state index contributed by atoms with van der Waals surface area (Å²) in [7, 11) is -3.69. The van der Waals surface area contributed by atoms with E-state index in [9.17, 15) is 8.42 Å². The van der Waals surface area contributed by atoms with E-state index in [1.165, 1.54) is 30.7 Å². The molecular weight excluding hydrogens is 276 g/mol. The smallest absolute Gasteiger partial charge is 0.242 e. The van der Waals surface area contributed by atoms with Gasteiger partial charge in [-0.1, -0.05) is 11.6 Å². The van der Waals surface area contributed by atoms with Gasteiger partial charge in [0.05, 0.1) is 18.2 Å². The van der Waals surface area contributed by atoms with Gasteiger partial charge in [-0.3, -0.25) is 0 Å². The summed E-state index contributed by atoms with van der Waals surface area (Å²) in [6.07, 6.45) is 2.93. The van der Waals surface area contributed by atoms with Crippen molar-refractivity contribution in [3.05, 3.63) is 47.4 Å². The molecule has 0 amide bonds. The van der Waals surface area contributed by atoms with Crippen LogP contribution in [-0.4, -0.2) is 8.42 Å². The maximum atomic E-state index is 12.0. The Balaban J connectivity index is 2.22. The molecule has 0 aliphatic heterocycles. The number of hydrogen-bond acceptors (Lipinski definition) is 4. The van der Waals surface area contributed by atoms with Crippen LogP contribution >= 0.6 is 11.6 Å². The Kier molecular flexibility index (Phi) is 3.60. The Bertz CT molecular complexity index is 638. The molecule has 0 bridgehead atoms. The van der Waals surface area contributed by atoms with Crippen LogP contribution < -0.4 is 10.5 Å². The maximum Gasteiger partial charge on any atom is 0.242 e. The third-order valence-electron chi connectivity index (χ3n) is 2.31. The molecule has 1 aromatic carbocycles. The number of nitrogens with two attached hydrogens (primary N) is 1. The molecule has 96 valence electrons. The van der Waals surface area contributed by atoms with Gasteiger partial charge in [-0.05, 0) is 24.3 Å². The summed E-state index contributed by atoms with van der Waals surface area (Å²) in [5.41, 5.74) is 6.50. The molecule has 7 heteroatoms. The number of rotatable bonds is 4. The third kappa shape index (κ3) is 2.84. The molecule has 1 heterocycles. The van der Waals surface area contributed by atoms with Gasteiger partial charge in [-0.2, -0.15) is 0 Å². The summed E-state index contributed by atoms with van der Waals surface area (Å²) in [6, 6.07) is 5.97. The normalized spacial score (nSPS) is 11.6. The first-order valence-electron chi connectivity index (χ1n) is 5.05. The van der Waals surface area contributed by atoms with E-state index in [0.29, 0.717) is 5.02 Å². The van der Waals surface area contributed by atoms with E-state index in [1.807, 2.05) is 0 Å². The van der Waals surface area contributed by atoms with Crippen molar-refractivity contribution in [2.24, 2.45) is 0 Å². The zero-order valence-electron chi connectivity index (χ0n) is 9.26. The molecule has 0 aliphatic rings. The average molecular weight is 287 g/mol. The van der Waals surface area contributed by atoms with E-state index in [1.54, 1.807) is 6.07 Å². The van der Waals surface area contributed by atoms with Gasteiger partial charge in [0.25, 0.3) is 0 Å². The van der Waals surface area contributed by atoms with Crippen LogP contribution in [0.2, 0.25) is 5.02 Å². The lowest BCUT2D eigenvalue weighted by Crippen LogP contribution is -2.24.